The SMILES string of the molecule is CC(=O)NCC(c1c[nH]c2ccc(F)cc12)C1CCN(CC(C(C)(C)C)S(=O)(=O)NC(C)C)CC1. The van der Waals surface area contributed by atoms with Crippen LogP contribution in [0.3, 0.4) is 0 Å². The summed E-state index contributed by atoms with van der Waals surface area (Å²) in [6.45, 7) is 13.6. The molecule has 0 spiro atoms. The number of aromatic amines is 1. The number of amides is 1. The summed E-state index contributed by atoms with van der Waals surface area (Å²) < 4.78 is 43.0. The van der Waals surface area contributed by atoms with Crippen LogP contribution in [0, 0.1) is 17.2 Å². The molecule has 35 heavy (non-hydrogen) atoms. The van der Waals surface area contributed by atoms with Crippen molar-refractivity contribution < 1.29 is 17.6 Å². The average Bonchev–Trinajstić information content (AvgIpc) is 3.14. The fourth-order valence-electron chi connectivity index (χ4n) is 5.23. The zero-order valence-electron chi connectivity index (χ0n) is 21.8. The Morgan fingerprint density at radius 1 is 1.23 bits per heavy atom. The van der Waals surface area contributed by atoms with Crippen LogP contribution in [0.5, 0.6) is 0 Å². The Morgan fingerprint density at radius 2 is 1.89 bits per heavy atom. The van der Waals surface area contributed by atoms with Crippen molar-refractivity contribution >= 4 is 26.8 Å². The van der Waals surface area contributed by atoms with Crippen molar-refractivity contribution in [1.29, 1.82) is 0 Å². The Bertz CT molecular complexity index is 1120. The number of hydrogen-bond acceptors (Lipinski definition) is 4. The topological polar surface area (TPSA) is 94.3 Å². The van der Waals surface area contributed by atoms with Crippen LogP contribution >= 0.6 is 0 Å². The highest BCUT2D eigenvalue weighted by molar-refractivity contribution is 7.90. The molecule has 1 aliphatic heterocycles. The number of piperidine rings is 1. The van der Waals surface area contributed by atoms with Crippen LogP contribution < -0.4 is 10.0 Å². The molecule has 0 aliphatic carbocycles. The Hall–Kier alpha value is -1.97. The lowest BCUT2D eigenvalue weighted by Crippen LogP contribution is -2.52. The minimum absolute atomic E-state index is 0.0429. The molecule has 1 aromatic heterocycles. The molecule has 2 aromatic rings. The maximum Gasteiger partial charge on any atom is 0.216 e. The first-order valence-corrected chi connectivity index (χ1v) is 14.1. The van der Waals surface area contributed by atoms with Gasteiger partial charge in [0.15, 0.2) is 0 Å². The van der Waals surface area contributed by atoms with Crippen molar-refractivity contribution in [3.05, 3.63) is 35.8 Å². The minimum atomic E-state index is -3.47. The zero-order valence-corrected chi connectivity index (χ0v) is 22.6. The van der Waals surface area contributed by atoms with Gasteiger partial charge in [-0.05, 0) is 74.9 Å². The lowest BCUT2D eigenvalue weighted by Gasteiger charge is -2.40. The largest absolute Gasteiger partial charge is 0.361 e. The smallest absolute Gasteiger partial charge is 0.216 e. The van der Waals surface area contributed by atoms with E-state index in [0.29, 0.717) is 19.0 Å². The number of nitrogens with one attached hydrogen (secondary N) is 3. The number of carbonyl (C=O) groups is 1. The van der Waals surface area contributed by atoms with E-state index in [2.05, 4.69) is 19.9 Å². The van der Waals surface area contributed by atoms with Crippen LogP contribution in [0.2, 0.25) is 0 Å². The number of rotatable bonds is 9. The van der Waals surface area contributed by atoms with Gasteiger partial charge in [0.1, 0.15) is 5.82 Å². The molecule has 3 N–H and O–H groups in total. The van der Waals surface area contributed by atoms with E-state index in [4.69, 9.17) is 0 Å². The summed E-state index contributed by atoms with van der Waals surface area (Å²) in [5.74, 6) is -0.0366. The van der Waals surface area contributed by atoms with E-state index < -0.39 is 20.7 Å². The van der Waals surface area contributed by atoms with Crippen LogP contribution in [0.25, 0.3) is 10.9 Å². The predicted molar refractivity (Wildman–Crippen MR) is 139 cm³/mol. The van der Waals surface area contributed by atoms with Crippen LogP contribution in [0.15, 0.2) is 24.4 Å². The second-order valence-electron chi connectivity index (χ2n) is 11.3. The summed E-state index contributed by atoms with van der Waals surface area (Å²) in [5.41, 5.74) is 1.49. The molecule has 0 radical (unpaired) electrons. The Balaban J connectivity index is 1.76. The molecule has 196 valence electrons. The molecule has 7 nitrogen and oxygen atoms in total. The van der Waals surface area contributed by atoms with Gasteiger partial charge in [-0.3, -0.25) is 4.79 Å². The van der Waals surface area contributed by atoms with Gasteiger partial charge in [0.25, 0.3) is 0 Å². The Labute approximate surface area is 209 Å². The number of hydrogen-bond donors (Lipinski definition) is 3. The van der Waals surface area contributed by atoms with Gasteiger partial charge in [-0.15, -0.1) is 0 Å². The lowest BCUT2D eigenvalue weighted by molar-refractivity contribution is -0.119. The molecule has 1 aliphatic rings. The molecule has 0 bridgehead atoms. The van der Waals surface area contributed by atoms with Gasteiger partial charge in [-0.2, -0.15) is 0 Å². The summed E-state index contributed by atoms with van der Waals surface area (Å²) in [6.07, 6.45) is 3.68. The highest BCUT2D eigenvalue weighted by Gasteiger charge is 2.39. The van der Waals surface area contributed by atoms with Gasteiger partial charge in [0, 0.05) is 49.1 Å². The first-order valence-electron chi connectivity index (χ1n) is 12.5. The molecular weight excluding hydrogens is 467 g/mol. The summed E-state index contributed by atoms with van der Waals surface area (Å²) in [7, 11) is -3.47. The molecule has 3 rings (SSSR count). The van der Waals surface area contributed by atoms with Gasteiger partial charge in [0.05, 0.1) is 5.25 Å². The average molecular weight is 509 g/mol. The summed E-state index contributed by atoms with van der Waals surface area (Å²) in [5, 5.41) is 3.29. The molecule has 2 heterocycles. The van der Waals surface area contributed by atoms with E-state index in [0.717, 1.165) is 42.4 Å². The highest BCUT2D eigenvalue weighted by Crippen LogP contribution is 2.37. The number of fused-ring (bicyclic) bond motifs is 1. The van der Waals surface area contributed by atoms with E-state index in [1.165, 1.54) is 13.0 Å². The molecule has 1 fully saturated rings. The standard InChI is InChI=1S/C26H41FN4O3S/c1-17(2)30-35(33,34)25(26(4,5)6)16-31-11-9-19(10-12-31)22(14-28-18(3)32)23-15-29-24-8-7-20(27)13-21(23)24/h7-8,13,15,17,19,22,25,29-30H,9-12,14,16H2,1-6H3,(H,28,32). The van der Waals surface area contributed by atoms with E-state index in [-0.39, 0.29) is 23.7 Å². The number of nitrogens with zero attached hydrogens (tertiary/aromatic N) is 1. The second kappa shape index (κ2) is 11.0. The normalized spacial score (nSPS) is 18.2. The van der Waals surface area contributed by atoms with Crippen LogP contribution in [-0.4, -0.2) is 61.7 Å². The van der Waals surface area contributed by atoms with Gasteiger partial charge in [0.2, 0.25) is 15.9 Å². The third-order valence-corrected chi connectivity index (χ3v) is 9.42. The van der Waals surface area contributed by atoms with Gasteiger partial charge >= 0.3 is 0 Å². The maximum absolute atomic E-state index is 14.0. The van der Waals surface area contributed by atoms with Gasteiger partial charge in [-0.25, -0.2) is 17.5 Å². The fraction of sp³-hybridized carbons (Fsp3) is 0.654. The van der Waals surface area contributed by atoms with Crippen molar-refractivity contribution in [2.75, 3.05) is 26.2 Å². The number of sulfonamides is 1. The van der Waals surface area contributed by atoms with Crippen molar-refractivity contribution in [2.45, 2.75) is 71.6 Å². The number of carbonyl (C=O) groups excluding carboxylic acids is 1. The first kappa shape index (κ1) is 27.6. The second-order valence-corrected chi connectivity index (χ2v) is 13.2. The first-order chi connectivity index (χ1) is 16.3. The number of H-pyrrole nitrogens is 1. The monoisotopic (exact) mass is 508 g/mol. The van der Waals surface area contributed by atoms with Crippen molar-refractivity contribution in [3.8, 4) is 0 Å². The van der Waals surface area contributed by atoms with E-state index in [9.17, 15) is 17.6 Å². The molecule has 1 saturated heterocycles. The van der Waals surface area contributed by atoms with Crippen LogP contribution in [-0.2, 0) is 14.8 Å². The van der Waals surface area contributed by atoms with Crippen molar-refractivity contribution in [2.24, 2.45) is 11.3 Å². The minimum Gasteiger partial charge on any atom is -0.361 e. The number of halogens is 1. The molecule has 9 heteroatoms. The van der Waals surface area contributed by atoms with Gasteiger partial charge in [-0.1, -0.05) is 20.8 Å². The molecular formula is C26H41FN4O3S. The van der Waals surface area contributed by atoms with E-state index in [1.807, 2.05) is 40.8 Å². The maximum atomic E-state index is 14.0. The van der Waals surface area contributed by atoms with E-state index >= 15 is 0 Å². The molecule has 2 unspecified atom stereocenters. The fourth-order valence-corrected chi connectivity index (χ4v) is 7.39. The lowest BCUT2D eigenvalue weighted by atomic mass is 9.79. The van der Waals surface area contributed by atoms with Crippen molar-refractivity contribution in [1.82, 2.24) is 19.9 Å². The van der Waals surface area contributed by atoms with Crippen molar-refractivity contribution in [3.63, 3.8) is 0 Å². The van der Waals surface area contributed by atoms with E-state index in [1.54, 1.807) is 12.1 Å². The quantitative estimate of drug-likeness (QED) is 0.478. The molecule has 1 amide bonds. The van der Waals surface area contributed by atoms with Gasteiger partial charge < -0.3 is 15.2 Å². The number of benzene rings is 1. The number of aromatic nitrogens is 1. The third-order valence-electron chi connectivity index (χ3n) is 7.01. The Morgan fingerprint density at radius 3 is 2.46 bits per heavy atom. The third kappa shape index (κ3) is 7.05. The summed E-state index contributed by atoms with van der Waals surface area (Å²) in [6, 6.07) is 4.59. The van der Waals surface area contributed by atoms with Crippen LogP contribution in [0.4, 0.5) is 4.39 Å². The van der Waals surface area contributed by atoms with Crippen LogP contribution in [0.1, 0.15) is 65.9 Å². The summed E-state index contributed by atoms with van der Waals surface area (Å²) >= 11 is 0. The molecule has 1 aromatic carbocycles. The predicted octanol–water partition coefficient (Wildman–Crippen LogP) is 3.98. The molecule has 2 atom stereocenters. The molecule has 0 saturated carbocycles. The summed E-state index contributed by atoms with van der Waals surface area (Å²) in [4.78, 5) is 17.2. The number of likely N-dealkylation sites (tertiary alicyclic amines) is 1. The Kier molecular flexibility index (Phi) is 8.65. The highest BCUT2D eigenvalue weighted by atomic mass is 32.2. The zero-order chi connectivity index (χ0) is 26.0.